The normalized spacial score (nSPS) is 13.8. The molecule has 226 valence electrons. The van der Waals surface area contributed by atoms with E-state index in [1.54, 1.807) is 24.3 Å². The van der Waals surface area contributed by atoms with Crippen LogP contribution in [0.15, 0.2) is 36.7 Å². The molecule has 4 nitrogen and oxygen atoms in total. The molecule has 0 amide bonds. The van der Waals surface area contributed by atoms with Gasteiger partial charge in [0.25, 0.3) is 0 Å². The average Bonchev–Trinajstić information content (AvgIpc) is 2.89. The lowest BCUT2D eigenvalue weighted by Crippen LogP contribution is -2.60. The number of halogens is 10. The molecule has 0 unspecified atom stereocenters. The molecule has 2 aromatic rings. The molecule has 0 spiro atoms. The van der Waals surface area contributed by atoms with E-state index in [4.69, 9.17) is 9.47 Å². The quantitative estimate of drug-likeness (QED) is 0.136. The first kappa shape index (κ1) is 33.4. The zero-order valence-corrected chi connectivity index (χ0v) is 21.6. The van der Waals surface area contributed by atoms with Gasteiger partial charge < -0.3 is 9.47 Å². The number of aromatic nitrogens is 2. The minimum Gasteiger partial charge on any atom is -0.491 e. The second-order valence-electron chi connectivity index (χ2n) is 9.18. The van der Waals surface area contributed by atoms with Crippen molar-refractivity contribution in [3.63, 3.8) is 0 Å². The Morgan fingerprint density at radius 1 is 0.725 bits per heavy atom. The number of alkyl halides is 10. The van der Waals surface area contributed by atoms with E-state index < -0.39 is 43.0 Å². The first-order chi connectivity index (χ1) is 18.6. The highest BCUT2D eigenvalue weighted by Crippen LogP contribution is 2.54. The van der Waals surface area contributed by atoms with Crippen LogP contribution in [0.2, 0.25) is 0 Å². The van der Waals surface area contributed by atoms with Crippen molar-refractivity contribution in [2.75, 3.05) is 13.2 Å². The molecular formula is C26H30F10N2O2. The molecule has 2 rings (SSSR count). The molecule has 1 aromatic carbocycles. The summed E-state index contributed by atoms with van der Waals surface area (Å²) in [5.41, 5.74) is 0.592. The van der Waals surface area contributed by atoms with E-state index in [-0.39, 0.29) is 31.2 Å². The largest absolute Gasteiger partial charge is 0.491 e. The Bertz CT molecular complexity index is 1020. The van der Waals surface area contributed by atoms with Crippen molar-refractivity contribution in [2.45, 2.75) is 88.4 Å². The number of nitrogens with zero attached hydrogens (tertiary/aromatic N) is 2. The molecule has 1 atom stereocenters. The molecule has 1 aromatic heterocycles. The van der Waals surface area contributed by atoms with Crippen LogP contribution in [0.25, 0.3) is 11.4 Å². The fourth-order valence-corrected chi connectivity index (χ4v) is 3.51. The number of benzene rings is 1. The van der Waals surface area contributed by atoms with Gasteiger partial charge in [-0.25, -0.2) is 14.4 Å². The van der Waals surface area contributed by atoms with Crippen molar-refractivity contribution >= 4 is 0 Å². The average molecular weight is 593 g/mol. The van der Waals surface area contributed by atoms with Crippen LogP contribution in [-0.2, 0) is 0 Å². The van der Waals surface area contributed by atoms with E-state index in [9.17, 15) is 43.9 Å². The van der Waals surface area contributed by atoms with Gasteiger partial charge >= 0.3 is 23.9 Å². The summed E-state index contributed by atoms with van der Waals surface area (Å²) in [7, 11) is 0. The second-order valence-corrected chi connectivity index (χ2v) is 9.18. The molecule has 0 aliphatic heterocycles. The zero-order chi connectivity index (χ0) is 30.0. The van der Waals surface area contributed by atoms with Gasteiger partial charge in [-0.05, 0) is 43.5 Å². The van der Waals surface area contributed by atoms with Gasteiger partial charge in [0, 0.05) is 12.0 Å². The molecule has 0 saturated heterocycles. The lowest BCUT2D eigenvalue weighted by Gasteiger charge is -2.33. The summed E-state index contributed by atoms with van der Waals surface area (Å²) in [5.74, 6) is -18.3. The SMILES string of the molecule is CCCCCC[C@H](F)COc1ccc(-c2ncc(OCCCCC(F)(F)C(F)(F)C(F)(F)C(F)(F)F)cn2)cc1. The third kappa shape index (κ3) is 8.85. The van der Waals surface area contributed by atoms with Crippen LogP contribution in [0.3, 0.4) is 0 Å². The van der Waals surface area contributed by atoms with Gasteiger partial charge in [0.15, 0.2) is 11.6 Å². The molecule has 0 aliphatic carbocycles. The lowest BCUT2D eigenvalue weighted by atomic mass is 9.99. The predicted octanol–water partition coefficient (Wildman–Crippen LogP) is 8.85. The number of rotatable bonds is 17. The molecule has 0 saturated carbocycles. The third-order valence-electron chi connectivity index (χ3n) is 5.91. The summed E-state index contributed by atoms with van der Waals surface area (Å²) in [5, 5.41) is 0. The first-order valence-corrected chi connectivity index (χ1v) is 12.6. The van der Waals surface area contributed by atoms with Gasteiger partial charge in [-0.15, -0.1) is 0 Å². The van der Waals surface area contributed by atoms with Gasteiger partial charge in [-0.1, -0.05) is 32.6 Å². The minimum atomic E-state index is -6.89. The summed E-state index contributed by atoms with van der Waals surface area (Å²) < 4.78 is 140. The van der Waals surface area contributed by atoms with E-state index in [0.717, 1.165) is 25.7 Å². The number of ether oxygens (including phenoxy) is 2. The highest BCUT2D eigenvalue weighted by atomic mass is 19.4. The number of hydrogen-bond acceptors (Lipinski definition) is 4. The van der Waals surface area contributed by atoms with Crippen LogP contribution >= 0.6 is 0 Å². The highest BCUT2D eigenvalue weighted by molar-refractivity contribution is 5.56. The third-order valence-corrected chi connectivity index (χ3v) is 5.91. The molecule has 0 radical (unpaired) electrons. The van der Waals surface area contributed by atoms with Crippen molar-refractivity contribution in [3.8, 4) is 22.9 Å². The Labute approximate surface area is 225 Å². The second kappa shape index (κ2) is 14.2. The molecule has 0 fully saturated rings. The van der Waals surface area contributed by atoms with E-state index in [1.165, 1.54) is 12.4 Å². The summed E-state index contributed by atoms with van der Waals surface area (Å²) in [6.07, 6.45) is -4.13. The number of unbranched alkanes of at least 4 members (excludes halogenated alkanes) is 4. The minimum absolute atomic E-state index is 0.0614. The standard InChI is InChI=1S/C26H30F10N2O2/c1-2-3-4-5-8-19(27)17-40-20-11-9-18(10-12-20)22-37-15-21(16-38-22)39-14-7-6-13-23(28,29)24(30,31)25(32,33)26(34,35)36/h9-12,15-16,19H,2-8,13-14,17H2,1H3/t19-/m0/s1. The van der Waals surface area contributed by atoms with E-state index >= 15 is 0 Å². The Morgan fingerprint density at radius 3 is 1.93 bits per heavy atom. The molecule has 0 bridgehead atoms. The van der Waals surface area contributed by atoms with Gasteiger partial charge in [0.1, 0.15) is 18.5 Å². The Hall–Kier alpha value is -2.80. The Kier molecular flexibility index (Phi) is 11.9. The van der Waals surface area contributed by atoms with Gasteiger partial charge in [0.2, 0.25) is 0 Å². The maximum absolute atomic E-state index is 13.9. The van der Waals surface area contributed by atoms with Crippen molar-refractivity contribution in [2.24, 2.45) is 0 Å². The summed E-state index contributed by atoms with van der Waals surface area (Å²) in [6, 6.07) is 6.55. The fraction of sp³-hybridized carbons (Fsp3) is 0.615. The number of hydrogen-bond donors (Lipinski definition) is 0. The molecule has 0 aliphatic rings. The first-order valence-electron chi connectivity index (χ1n) is 12.6. The van der Waals surface area contributed by atoms with Gasteiger partial charge in [-0.3, -0.25) is 0 Å². The van der Waals surface area contributed by atoms with Gasteiger partial charge in [0.05, 0.1) is 19.0 Å². The van der Waals surface area contributed by atoms with Crippen LogP contribution in [0.1, 0.15) is 58.3 Å². The molecular weight excluding hydrogens is 562 g/mol. The Balaban J connectivity index is 1.78. The Morgan fingerprint density at radius 2 is 1.35 bits per heavy atom. The highest BCUT2D eigenvalue weighted by Gasteiger charge is 2.81. The summed E-state index contributed by atoms with van der Waals surface area (Å²) in [4.78, 5) is 8.15. The van der Waals surface area contributed by atoms with Crippen LogP contribution < -0.4 is 9.47 Å². The topological polar surface area (TPSA) is 44.2 Å². The predicted molar refractivity (Wildman–Crippen MR) is 127 cm³/mol. The van der Waals surface area contributed by atoms with Crippen molar-refractivity contribution in [3.05, 3.63) is 36.7 Å². The van der Waals surface area contributed by atoms with E-state index in [0.29, 0.717) is 17.7 Å². The van der Waals surface area contributed by atoms with E-state index in [1.807, 2.05) is 0 Å². The van der Waals surface area contributed by atoms with Crippen molar-refractivity contribution in [1.82, 2.24) is 9.97 Å². The maximum Gasteiger partial charge on any atom is 0.460 e. The zero-order valence-electron chi connectivity index (χ0n) is 21.6. The van der Waals surface area contributed by atoms with Crippen LogP contribution in [0.4, 0.5) is 43.9 Å². The molecule has 0 N–H and O–H groups in total. The fourth-order valence-electron chi connectivity index (χ4n) is 3.51. The van der Waals surface area contributed by atoms with Crippen molar-refractivity contribution < 1.29 is 53.4 Å². The monoisotopic (exact) mass is 592 g/mol. The van der Waals surface area contributed by atoms with Gasteiger partial charge in [-0.2, -0.15) is 39.5 Å². The van der Waals surface area contributed by atoms with Crippen LogP contribution in [-0.4, -0.2) is 53.3 Å². The molecule has 40 heavy (non-hydrogen) atoms. The molecule has 1 heterocycles. The summed E-state index contributed by atoms with van der Waals surface area (Å²) in [6.45, 7) is 1.68. The summed E-state index contributed by atoms with van der Waals surface area (Å²) >= 11 is 0. The van der Waals surface area contributed by atoms with Crippen LogP contribution in [0.5, 0.6) is 11.5 Å². The van der Waals surface area contributed by atoms with Crippen LogP contribution in [0, 0.1) is 0 Å². The van der Waals surface area contributed by atoms with Crippen molar-refractivity contribution in [1.29, 1.82) is 0 Å². The maximum atomic E-state index is 13.9. The lowest BCUT2D eigenvalue weighted by molar-refractivity contribution is -0.396. The molecule has 14 heteroatoms. The smallest absolute Gasteiger partial charge is 0.460 e. The van der Waals surface area contributed by atoms with E-state index in [2.05, 4.69) is 16.9 Å².